The number of carbonyl (C=O) groups is 1. The summed E-state index contributed by atoms with van der Waals surface area (Å²) in [5, 5.41) is 3.36. The van der Waals surface area contributed by atoms with Gasteiger partial charge >= 0.3 is 0 Å². The zero-order valence-electron chi connectivity index (χ0n) is 13.2. The fourth-order valence-electron chi connectivity index (χ4n) is 3.07. The Hall–Kier alpha value is -2.26. The average molecular weight is 309 g/mol. The minimum Gasteiger partial charge on any atom is -0.316 e. The molecule has 0 aliphatic carbocycles. The van der Waals surface area contributed by atoms with Gasteiger partial charge in [0.1, 0.15) is 5.82 Å². The molecule has 0 amide bonds. The molecule has 0 aromatic heterocycles. The molecule has 1 aliphatic rings. The van der Waals surface area contributed by atoms with Gasteiger partial charge in [0.15, 0.2) is 5.78 Å². The SMILES string of the molecule is CC(=O)c1ccc(C(=C2CCNCC2)c2cccc(F)c2)cc1. The van der Waals surface area contributed by atoms with Crippen LogP contribution >= 0.6 is 0 Å². The van der Waals surface area contributed by atoms with Gasteiger partial charge in [-0.3, -0.25) is 4.79 Å². The van der Waals surface area contributed by atoms with Gasteiger partial charge < -0.3 is 5.32 Å². The van der Waals surface area contributed by atoms with E-state index in [0.29, 0.717) is 5.56 Å². The highest BCUT2D eigenvalue weighted by Crippen LogP contribution is 2.31. The molecule has 2 aromatic carbocycles. The number of Topliss-reactive ketones (excluding diaryl/α,β-unsaturated/α-hetero) is 1. The number of hydrogen-bond donors (Lipinski definition) is 1. The fourth-order valence-corrected chi connectivity index (χ4v) is 3.07. The molecule has 0 unspecified atom stereocenters. The van der Waals surface area contributed by atoms with Crippen LogP contribution in [0, 0.1) is 5.82 Å². The van der Waals surface area contributed by atoms with Crippen molar-refractivity contribution in [1.29, 1.82) is 0 Å². The number of rotatable bonds is 3. The molecule has 1 heterocycles. The summed E-state index contributed by atoms with van der Waals surface area (Å²) in [6.07, 6.45) is 1.92. The lowest BCUT2D eigenvalue weighted by molar-refractivity contribution is 0.101. The molecule has 3 rings (SSSR count). The molecule has 1 fully saturated rings. The lowest BCUT2D eigenvalue weighted by atomic mass is 9.88. The lowest BCUT2D eigenvalue weighted by Crippen LogP contribution is -2.23. The maximum absolute atomic E-state index is 13.7. The second-order valence-corrected chi connectivity index (χ2v) is 5.87. The van der Waals surface area contributed by atoms with Crippen LogP contribution in [0.3, 0.4) is 0 Å². The van der Waals surface area contributed by atoms with Crippen molar-refractivity contribution in [3.05, 3.63) is 76.6 Å². The zero-order chi connectivity index (χ0) is 16.2. The second-order valence-electron chi connectivity index (χ2n) is 5.87. The van der Waals surface area contributed by atoms with Crippen molar-refractivity contribution in [2.75, 3.05) is 13.1 Å². The molecule has 1 saturated heterocycles. The summed E-state index contributed by atoms with van der Waals surface area (Å²) >= 11 is 0. The number of benzene rings is 2. The van der Waals surface area contributed by atoms with Crippen LogP contribution in [0.2, 0.25) is 0 Å². The standard InChI is InChI=1S/C20H20FNO/c1-14(23)15-5-7-16(8-6-15)20(17-9-11-22-12-10-17)18-3-2-4-19(21)13-18/h2-8,13,22H,9-12H2,1H3. The molecule has 0 spiro atoms. The molecule has 23 heavy (non-hydrogen) atoms. The molecule has 2 aromatic rings. The van der Waals surface area contributed by atoms with E-state index < -0.39 is 0 Å². The van der Waals surface area contributed by atoms with Crippen molar-refractivity contribution >= 4 is 11.4 Å². The lowest BCUT2D eigenvalue weighted by Gasteiger charge is -2.21. The summed E-state index contributed by atoms with van der Waals surface area (Å²) in [6, 6.07) is 14.4. The van der Waals surface area contributed by atoms with E-state index in [4.69, 9.17) is 0 Å². The first-order chi connectivity index (χ1) is 11.1. The van der Waals surface area contributed by atoms with E-state index in [1.54, 1.807) is 19.1 Å². The Labute approximate surface area is 136 Å². The molecule has 1 N–H and O–H groups in total. The zero-order valence-corrected chi connectivity index (χ0v) is 13.2. The number of hydrogen-bond acceptors (Lipinski definition) is 2. The Balaban J connectivity index is 2.10. The molecule has 0 radical (unpaired) electrons. The third-order valence-corrected chi connectivity index (χ3v) is 4.25. The molecule has 3 heteroatoms. The van der Waals surface area contributed by atoms with Crippen LogP contribution in [-0.2, 0) is 0 Å². The molecule has 1 aliphatic heterocycles. The summed E-state index contributed by atoms with van der Waals surface area (Å²) in [4.78, 5) is 11.5. The van der Waals surface area contributed by atoms with Crippen molar-refractivity contribution < 1.29 is 9.18 Å². The summed E-state index contributed by atoms with van der Waals surface area (Å²) in [7, 11) is 0. The molecular weight excluding hydrogens is 289 g/mol. The van der Waals surface area contributed by atoms with Gasteiger partial charge in [0.05, 0.1) is 0 Å². The predicted molar refractivity (Wildman–Crippen MR) is 91.0 cm³/mol. The highest BCUT2D eigenvalue weighted by Gasteiger charge is 2.15. The highest BCUT2D eigenvalue weighted by molar-refractivity contribution is 5.94. The van der Waals surface area contributed by atoms with E-state index in [1.807, 2.05) is 30.3 Å². The van der Waals surface area contributed by atoms with Gasteiger partial charge in [-0.15, -0.1) is 0 Å². The number of ketones is 1. The predicted octanol–water partition coefficient (Wildman–Crippen LogP) is 4.21. The van der Waals surface area contributed by atoms with Crippen molar-refractivity contribution in [3.8, 4) is 0 Å². The molecular formula is C20H20FNO. The Morgan fingerprint density at radius 1 is 0.957 bits per heavy atom. The highest BCUT2D eigenvalue weighted by atomic mass is 19.1. The van der Waals surface area contributed by atoms with Gasteiger partial charge in [-0.25, -0.2) is 4.39 Å². The first kappa shape index (κ1) is 15.6. The minimum atomic E-state index is -0.227. The number of carbonyl (C=O) groups excluding carboxylic acids is 1. The number of nitrogens with one attached hydrogen (secondary N) is 1. The Kier molecular flexibility index (Phi) is 4.68. The second kappa shape index (κ2) is 6.88. The van der Waals surface area contributed by atoms with E-state index in [9.17, 15) is 9.18 Å². The Bertz CT molecular complexity index is 738. The summed E-state index contributed by atoms with van der Waals surface area (Å²) < 4.78 is 13.7. The normalized spacial score (nSPS) is 14.6. The maximum atomic E-state index is 13.7. The van der Waals surface area contributed by atoms with Crippen LogP contribution in [0.5, 0.6) is 0 Å². The minimum absolute atomic E-state index is 0.0541. The van der Waals surface area contributed by atoms with Gasteiger partial charge in [0.25, 0.3) is 0 Å². The maximum Gasteiger partial charge on any atom is 0.159 e. The third-order valence-electron chi connectivity index (χ3n) is 4.25. The summed E-state index contributed by atoms with van der Waals surface area (Å²) in [6.45, 7) is 3.45. The summed E-state index contributed by atoms with van der Waals surface area (Å²) in [5.74, 6) is -0.173. The van der Waals surface area contributed by atoms with Gasteiger partial charge in [0.2, 0.25) is 0 Å². The van der Waals surface area contributed by atoms with Crippen LogP contribution in [0.4, 0.5) is 4.39 Å². The van der Waals surface area contributed by atoms with E-state index in [0.717, 1.165) is 42.6 Å². The Morgan fingerprint density at radius 2 is 1.61 bits per heavy atom. The van der Waals surface area contributed by atoms with Gasteiger partial charge in [-0.05, 0) is 61.7 Å². The topological polar surface area (TPSA) is 29.1 Å². The van der Waals surface area contributed by atoms with E-state index >= 15 is 0 Å². The Morgan fingerprint density at radius 3 is 2.22 bits per heavy atom. The van der Waals surface area contributed by atoms with Gasteiger partial charge in [-0.2, -0.15) is 0 Å². The van der Waals surface area contributed by atoms with Gasteiger partial charge in [0, 0.05) is 5.56 Å². The smallest absolute Gasteiger partial charge is 0.159 e. The third kappa shape index (κ3) is 3.57. The largest absolute Gasteiger partial charge is 0.316 e. The summed E-state index contributed by atoms with van der Waals surface area (Å²) in [5.41, 5.74) is 5.07. The first-order valence-electron chi connectivity index (χ1n) is 7.95. The fraction of sp³-hybridized carbons (Fsp3) is 0.250. The molecule has 0 saturated carbocycles. The number of halogens is 1. The number of piperidine rings is 1. The van der Waals surface area contributed by atoms with Crippen molar-refractivity contribution in [1.82, 2.24) is 5.32 Å². The molecule has 0 atom stereocenters. The monoisotopic (exact) mass is 309 g/mol. The van der Waals surface area contributed by atoms with Crippen molar-refractivity contribution in [3.63, 3.8) is 0 Å². The van der Waals surface area contributed by atoms with Gasteiger partial charge in [-0.1, -0.05) is 42.0 Å². The van der Waals surface area contributed by atoms with Crippen LogP contribution in [0.25, 0.3) is 5.57 Å². The molecule has 118 valence electrons. The molecule has 0 bridgehead atoms. The van der Waals surface area contributed by atoms with E-state index in [-0.39, 0.29) is 11.6 Å². The van der Waals surface area contributed by atoms with Crippen molar-refractivity contribution in [2.24, 2.45) is 0 Å². The van der Waals surface area contributed by atoms with Crippen LogP contribution in [0.15, 0.2) is 54.1 Å². The first-order valence-corrected chi connectivity index (χ1v) is 7.95. The van der Waals surface area contributed by atoms with Crippen molar-refractivity contribution in [2.45, 2.75) is 19.8 Å². The average Bonchev–Trinajstić information content (AvgIpc) is 2.57. The van der Waals surface area contributed by atoms with Crippen LogP contribution in [0.1, 0.15) is 41.3 Å². The quantitative estimate of drug-likeness (QED) is 0.860. The van der Waals surface area contributed by atoms with E-state index in [1.165, 1.54) is 11.6 Å². The molecule has 2 nitrogen and oxygen atoms in total. The van der Waals surface area contributed by atoms with E-state index in [2.05, 4.69) is 5.32 Å². The van der Waals surface area contributed by atoms with Crippen LogP contribution in [-0.4, -0.2) is 18.9 Å². The van der Waals surface area contributed by atoms with Crippen LogP contribution < -0.4 is 5.32 Å².